The first-order valence-corrected chi connectivity index (χ1v) is 5.25. The van der Waals surface area contributed by atoms with E-state index in [0.29, 0.717) is 9.86 Å². The number of carbonyl (C=O) groups excluding carboxylic acids is 1. The van der Waals surface area contributed by atoms with Gasteiger partial charge in [0.15, 0.2) is 5.69 Å². The van der Waals surface area contributed by atoms with Crippen molar-refractivity contribution in [2.24, 2.45) is 0 Å². The lowest BCUT2D eigenvalue weighted by Crippen LogP contribution is -2.06. The van der Waals surface area contributed by atoms with Crippen molar-refractivity contribution in [3.05, 3.63) is 40.4 Å². The van der Waals surface area contributed by atoms with Gasteiger partial charge in [-0.2, -0.15) is 0 Å². The van der Waals surface area contributed by atoms with Gasteiger partial charge >= 0.3 is 5.97 Å². The van der Waals surface area contributed by atoms with Crippen LogP contribution in [0.5, 0.6) is 0 Å². The maximum Gasteiger partial charge on any atom is 0.357 e. The fourth-order valence-electron chi connectivity index (χ4n) is 1.47. The van der Waals surface area contributed by atoms with E-state index in [1.807, 2.05) is 0 Å². The molecule has 0 aliphatic heterocycles. The highest BCUT2D eigenvalue weighted by atomic mass is 79.9. The molecule has 0 atom stereocenters. The first-order chi connectivity index (χ1) is 7.65. The van der Waals surface area contributed by atoms with Gasteiger partial charge in [0, 0.05) is 16.1 Å². The number of aromatic nitrogens is 1. The van der Waals surface area contributed by atoms with Gasteiger partial charge in [0.2, 0.25) is 0 Å². The standard InChI is InChI=1S/C11H7BrFNO2/c1-16-11(15)10-9-6(7(12)5-14-10)3-2-4-8(9)13/h2-5H,1H3. The number of fused-ring (bicyclic) bond motifs is 1. The van der Waals surface area contributed by atoms with Crippen LogP contribution in [-0.2, 0) is 4.74 Å². The van der Waals surface area contributed by atoms with E-state index in [2.05, 4.69) is 25.7 Å². The highest BCUT2D eigenvalue weighted by Crippen LogP contribution is 2.27. The smallest absolute Gasteiger partial charge is 0.357 e. The number of benzene rings is 1. The van der Waals surface area contributed by atoms with Crippen molar-refractivity contribution in [3.63, 3.8) is 0 Å². The van der Waals surface area contributed by atoms with Gasteiger partial charge in [-0.3, -0.25) is 0 Å². The molecule has 3 nitrogen and oxygen atoms in total. The van der Waals surface area contributed by atoms with Crippen molar-refractivity contribution >= 4 is 32.7 Å². The van der Waals surface area contributed by atoms with E-state index in [4.69, 9.17) is 0 Å². The van der Waals surface area contributed by atoms with Crippen LogP contribution in [0.1, 0.15) is 10.5 Å². The van der Waals surface area contributed by atoms with Crippen molar-refractivity contribution in [2.45, 2.75) is 0 Å². The molecule has 16 heavy (non-hydrogen) atoms. The summed E-state index contributed by atoms with van der Waals surface area (Å²) >= 11 is 3.25. The van der Waals surface area contributed by atoms with Gasteiger partial charge in [-0.1, -0.05) is 12.1 Å². The maximum absolute atomic E-state index is 13.7. The summed E-state index contributed by atoms with van der Waals surface area (Å²) < 4.78 is 18.8. The molecule has 0 unspecified atom stereocenters. The molecule has 82 valence electrons. The topological polar surface area (TPSA) is 39.2 Å². The molecule has 0 saturated carbocycles. The maximum atomic E-state index is 13.7. The SMILES string of the molecule is COC(=O)c1ncc(Br)c2cccc(F)c12. The number of carbonyl (C=O) groups is 1. The second-order valence-corrected chi connectivity index (χ2v) is 3.96. The zero-order valence-corrected chi connectivity index (χ0v) is 9.92. The fraction of sp³-hybridized carbons (Fsp3) is 0.0909. The summed E-state index contributed by atoms with van der Waals surface area (Å²) in [5, 5.41) is 0.763. The van der Waals surface area contributed by atoms with Crippen LogP contribution in [0.3, 0.4) is 0 Å². The Bertz CT molecular complexity index is 571. The lowest BCUT2D eigenvalue weighted by Gasteiger charge is -2.06. The third-order valence-electron chi connectivity index (χ3n) is 2.19. The molecule has 2 aromatic rings. The van der Waals surface area contributed by atoms with Crippen molar-refractivity contribution in [1.82, 2.24) is 4.98 Å². The van der Waals surface area contributed by atoms with E-state index >= 15 is 0 Å². The predicted octanol–water partition coefficient (Wildman–Crippen LogP) is 2.92. The Hall–Kier alpha value is -1.49. The molecular weight excluding hydrogens is 277 g/mol. The molecule has 1 aromatic carbocycles. The van der Waals surface area contributed by atoms with E-state index in [9.17, 15) is 9.18 Å². The molecule has 0 aliphatic carbocycles. The average molecular weight is 284 g/mol. The zero-order valence-electron chi connectivity index (χ0n) is 8.33. The number of halogens is 2. The third-order valence-corrected chi connectivity index (χ3v) is 2.83. The largest absolute Gasteiger partial charge is 0.464 e. The number of rotatable bonds is 1. The average Bonchev–Trinajstić information content (AvgIpc) is 2.30. The van der Waals surface area contributed by atoms with Crippen molar-refractivity contribution in [3.8, 4) is 0 Å². The number of methoxy groups -OCH3 is 1. The minimum atomic E-state index is -0.650. The lowest BCUT2D eigenvalue weighted by atomic mass is 10.1. The van der Waals surface area contributed by atoms with Crippen LogP contribution in [0.15, 0.2) is 28.9 Å². The van der Waals surface area contributed by atoms with Crippen LogP contribution in [-0.4, -0.2) is 18.1 Å². The van der Waals surface area contributed by atoms with Crippen LogP contribution in [0.2, 0.25) is 0 Å². The summed E-state index contributed by atoms with van der Waals surface area (Å²) in [5.74, 6) is -1.14. The van der Waals surface area contributed by atoms with Gasteiger partial charge in [0.25, 0.3) is 0 Å². The third kappa shape index (κ3) is 1.67. The summed E-state index contributed by atoms with van der Waals surface area (Å²) in [6.07, 6.45) is 1.45. The number of pyridine rings is 1. The van der Waals surface area contributed by atoms with Crippen LogP contribution >= 0.6 is 15.9 Å². The molecule has 0 aliphatic rings. The Morgan fingerprint density at radius 1 is 1.50 bits per heavy atom. The summed E-state index contributed by atoms with van der Waals surface area (Å²) in [6.45, 7) is 0. The Labute approximate surface area is 99.4 Å². The molecule has 1 aromatic heterocycles. The van der Waals surface area contributed by atoms with Gasteiger partial charge in [-0.25, -0.2) is 14.2 Å². The van der Waals surface area contributed by atoms with Gasteiger partial charge in [-0.15, -0.1) is 0 Å². The summed E-state index contributed by atoms with van der Waals surface area (Å²) in [5.41, 5.74) is -0.0150. The number of hydrogen-bond donors (Lipinski definition) is 0. The Morgan fingerprint density at radius 2 is 2.25 bits per heavy atom. The second-order valence-electron chi connectivity index (χ2n) is 3.11. The Morgan fingerprint density at radius 3 is 2.94 bits per heavy atom. The first-order valence-electron chi connectivity index (χ1n) is 4.46. The summed E-state index contributed by atoms with van der Waals surface area (Å²) in [6, 6.07) is 4.56. The summed E-state index contributed by atoms with van der Waals surface area (Å²) in [4.78, 5) is 15.3. The van der Waals surface area contributed by atoms with Crippen molar-refractivity contribution < 1.29 is 13.9 Å². The summed E-state index contributed by atoms with van der Waals surface area (Å²) in [7, 11) is 1.23. The Balaban J connectivity index is 2.86. The number of nitrogens with zero attached hydrogens (tertiary/aromatic N) is 1. The van der Waals surface area contributed by atoms with Crippen LogP contribution in [0, 0.1) is 5.82 Å². The van der Waals surface area contributed by atoms with Crippen molar-refractivity contribution in [2.75, 3.05) is 7.11 Å². The van der Waals surface area contributed by atoms with Gasteiger partial charge in [0.05, 0.1) is 12.5 Å². The Kier molecular flexibility index (Phi) is 2.87. The quantitative estimate of drug-likeness (QED) is 0.756. The molecule has 0 radical (unpaired) electrons. The van der Waals surface area contributed by atoms with E-state index in [0.717, 1.165) is 0 Å². The predicted molar refractivity (Wildman–Crippen MR) is 60.7 cm³/mol. The van der Waals surface area contributed by atoms with Crippen LogP contribution in [0.4, 0.5) is 4.39 Å². The second kappa shape index (κ2) is 4.17. The molecule has 0 amide bonds. The lowest BCUT2D eigenvalue weighted by molar-refractivity contribution is 0.0596. The monoisotopic (exact) mass is 283 g/mol. The van der Waals surface area contributed by atoms with E-state index < -0.39 is 11.8 Å². The molecule has 0 N–H and O–H groups in total. The number of ether oxygens (including phenoxy) is 1. The molecule has 0 spiro atoms. The molecule has 0 bridgehead atoms. The van der Waals surface area contributed by atoms with E-state index in [-0.39, 0.29) is 11.1 Å². The zero-order chi connectivity index (χ0) is 11.7. The van der Waals surface area contributed by atoms with Gasteiger partial charge in [0.1, 0.15) is 5.82 Å². The molecule has 0 saturated heterocycles. The fourth-order valence-corrected chi connectivity index (χ4v) is 1.90. The van der Waals surface area contributed by atoms with E-state index in [1.54, 1.807) is 12.1 Å². The van der Waals surface area contributed by atoms with Gasteiger partial charge in [-0.05, 0) is 22.0 Å². The highest BCUT2D eigenvalue weighted by molar-refractivity contribution is 9.10. The van der Waals surface area contributed by atoms with Crippen LogP contribution in [0.25, 0.3) is 10.8 Å². The molecule has 0 fully saturated rings. The first kappa shape index (κ1) is 11.0. The van der Waals surface area contributed by atoms with Crippen LogP contribution < -0.4 is 0 Å². The normalized spacial score (nSPS) is 10.4. The molecule has 5 heteroatoms. The number of hydrogen-bond acceptors (Lipinski definition) is 3. The molecule has 2 rings (SSSR count). The molecule has 1 heterocycles. The van der Waals surface area contributed by atoms with E-state index in [1.165, 1.54) is 19.4 Å². The number of esters is 1. The minimum Gasteiger partial charge on any atom is -0.464 e. The van der Waals surface area contributed by atoms with Gasteiger partial charge < -0.3 is 4.74 Å². The van der Waals surface area contributed by atoms with Crippen molar-refractivity contribution in [1.29, 1.82) is 0 Å². The molecular formula is C11H7BrFNO2. The minimum absolute atomic E-state index is 0.0150. The highest BCUT2D eigenvalue weighted by Gasteiger charge is 2.16.